The molecule has 0 aliphatic carbocycles. The molecule has 0 amide bonds. The molecule has 0 radical (unpaired) electrons. The maximum Gasteiger partial charge on any atom is 0.308 e. The van der Waals surface area contributed by atoms with Gasteiger partial charge in [0.15, 0.2) is 0 Å². The number of fused-ring (bicyclic) bond motifs is 2. The summed E-state index contributed by atoms with van der Waals surface area (Å²) >= 11 is 0. The summed E-state index contributed by atoms with van der Waals surface area (Å²) in [6.45, 7) is 2.73. The van der Waals surface area contributed by atoms with Crippen molar-refractivity contribution in [1.29, 1.82) is 0 Å². The Hall–Kier alpha value is -7.06. The SMILES string of the molecule is CC(=O)Oc1ccc(-c2nc3ccc(-c4ccc5nc(-c6ccccc6)c(-c6ccccc6)nc5c4)cc3nc2-c2ccc(OC(C)=O)cc2)cc1. The Morgan fingerprint density at radius 1 is 0.365 bits per heavy atom. The second kappa shape index (κ2) is 13.7. The molecule has 52 heavy (non-hydrogen) atoms. The van der Waals surface area contributed by atoms with Gasteiger partial charge in [-0.3, -0.25) is 9.59 Å². The molecule has 6 aromatic carbocycles. The van der Waals surface area contributed by atoms with Crippen molar-refractivity contribution in [3.05, 3.63) is 146 Å². The van der Waals surface area contributed by atoms with Crippen molar-refractivity contribution in [1.82, 2.24) is 19.9 Å². The first-order valence-corrected chi connectivity index (χ1v) is 16.7. The minimum absolute atomic E-state index is 0.394. The minimum Gasteiger partial charge on any atom is -0.427 e. The summed E-state index contributed by atoms with van der Waals surface area (Å²) in [5.74, 6) is 0.0843. The smallest absolute Gasteiger partial charge is 0.308 e. The monoisotopic (exact) mass is 678 g/mol. The molecule has 2 heterocycles. The molecule has 8 nitrogen and oxygen atoms in total. The Kier molecular flexibility index (Phi) is 8.46. The highest BCUT2D eigenvalue weighted by Crippen LogP contribution is 2.36. The van der Waals surface area contributed by atoms with Crippen LogP contribution in [0.5, 0.6) is 11.5 Å². The number of carbonyl (C=O) groups is 2. The van der Waals surface area contributed by atoms with Crippen molar-refractivity contribution in [2.75, 3.05) is 0 Å². The van der Waals surface area contributed by atoms with Crippen LogP contribution in [0, 0.1) is 0 Å². The molecule has 8 heteroatoms. The highest BCUT2D eigenvalue weighted by atomic mass is 16.5. The van der Waals surface area contributed by atoms with Gasteiger partial charge in [-0.05, 0) is 83.9 Å². The number of aromatic nitrogens is 4. The van der Waals surface area contributed by atoms with E-state index in [-0.39, 0.29) is 0 Å². The number of nitrogens with zero attached hydrogens (tertiary/aromatic N) is 4. The Labute approximate surface area is 299 Å². The molecule has 0 spiro atoms. The number of esters is 2. The fourth-order valence-electron chi connectivity index (χ4n) is 6.16. The molecule has 0 saturated carbocycles. The van der Waals surface area contributed by atoms with E-state index in [0.29, 0.717) is 33.9 Å². The summed E-state index contributed by atoms with van der Waals surface area (Å²) in [5.41, 5.74) is 11.4. The van der Waals surface area contributed by atoms with Gasteiger partial charge in [-0.2, -0.15) is 0 Å². The summed E-state index contributed by atoms with van der Waals surface area (Å²) in [6.07, 6.45) is 0. The summed E-state index contributed by atoms with van der Waals surface area (Å²) in [4.78, 5) is 43.5. The zero-order valence-electron chi connectivity index (χ0n) is 28.3. The zero-order chi connectivity index (χ0) is 35.6. The number of rotatable bonds is 7. The summed E-state index contributed by atoms with van der Waals surface area (Å²) in [5, 5.41) is 0. The molecule has 250 valence electrons. The van der Waals surface area contributed by atoms with Crippen LogP contribution >= 0.6 is 0 Å². The van der Waals surface area contributed by atoms with E-state index < -0.39 is 11.9 Å². The maximum absolute atomic E-state index is 11.5. The van der Waals surface area contributed by atoms with Crippen LogP contribution < -0.4 is 9.47 Å². The predicted molar refractivity (Wildman–Crippen MR) is 202 cm³/mol. The standard InChI is InChI=1S/C44H30N4O4/c1-27(49)51-35-19-13-31(14-20-35)43-44(32-15-21-36(22-16-32)52-28(2)50)48-40-26-34(18-24-38(40)46-43)33-17-23-37-39(25-33)47-42(30-11-7-4-8-12-30)41(45-37)29-9-5-3-6-10-29/h3-26H,1-2H3. The van der Waals surface area contributed by atoms with Crippen molar-refractivity contribution in [2.24, 2.45) is 0 Å². The van der Waals surface area contributed by atoms with E-state index in [4.69, 9.17) is 29.4 Å². The number of carbonyl (C=O) groups excluding carboxylic acids is 2. The molecule has 2 aromatic heterocycles. The second-order valence-corrected chi connectivity index (χ2v) is 12.2. The Morgan fingerprint density at radius 2 is 0.673 bits per heavy atom. The van der Waals surface area contributed by atoms with Crippen LogP contribution in [0.4, 0.5) is 0 Å². The van der Waals surface area contributed by atoms with Crippen LogP contribution in [-0.2, 0) is 9.59 Å². The summed E-state index contributed by atoms with van der Waals surface area (Å²) in [7, 11) is 0. The molecule has 0 saturated heterocycles. The first kappa shape index (κ1) is 32.2. The second-order valence-electron chi connectivity index (χ2n) is 12.2. The number of benzene rings is 6. The quantitative estimate of drug-likeness (QED) is 0.121. The lowest BCUT2D eigenvalue weighted by atomic mass is 10.0. The fourth-order valence-corrected chi connectivity index (χ4v) is 6.16. The van der Waals surface area contributed by atoms with Crippen LogP contribution in [0.2, 0.25) is 0 Å². The van der Waals surface area contributed by atoms with E-state index >= 15 is 0 Å². The van der Waals surface area contributed by atoms with Gasteiger partial charge in [-0.15, -0.1) is 0 Å². The highest BCUT2D eigenvalue weighted by molar-refractivity contribution is 5.92. The number of ether oxygens (including phenoxy) is 2. The van der Waals surface area contributed by atoms with Gasteiger partial charge in [0.25, 0.3) is 0 Å². The average molecular weight is 679 g/mol. The fraction of sp³-hybridized carbons (Fsp3) is 0.0455. The lowest BCUT2D eigenvalue weighted by Gasteiger charge is -2.13. The molecule has 0 aliphatic rings. The molecular weight excluding hydrogens is 649 g/mol. The molecule has 8 rings (SSSR count). The van der Waals surface area contributed by atoms with Crippen LogP contribution in [-0.4, -0.2) is 31.9 Å². The van der Waals surface area contributed by atoms with Crippen LogP contribution in [0.3, 0.4) is 0 Å². The Balaban J connectivity index is 1.23. The van der Waals surface area contributed by atoms with Gasteiger partial charge >= 0.3 is 11.9 Å². The molecule has 0 N–H and O–H groups in total. The third-order valence-corrected chi connectivity index (χ3v) is 8.53. The number of hydrogen-bond donors (Lipinski definition) is 0. The molecule has 0 atom stereocenters. The van der Waals surface area contributed by atoms with Crippen molar-refractivity contribution < 1.29 is 19.1 Å². The summed E-state index contributed by atoms with van der Waals surface area (Å²) < 4.78 is 10.5. The van der Waals surface area contributed by atoms with E-state index in [2.05, 4.69) is 36.4 Å². The normalized spacial score (nSPS) is 11.0. The third-order valence-electron chi connectivity index (χ3n) is 8.53. The van der Waals surface area contributed by atoms with Gasteiger partial charge in [-0.1, -0.05) is 72.8 Å². The third kappa shape index (κ3) is 6.60. The van der Waals surface area contributed by atoms with Crippen molar-refractivity contribution >= 4 is 34.0 Å². The maximum atomic E-state index is 11.5. The zero-order valence-corrected chi connectivity index (χ0v) is 28.3. The van der Waals surface area contributed by atoms with E-state index in [9.17, 15) is 9.59 Å². The molecule has 0 aliphatic heterocycles. The van der Waals surface area contributed by atoms with Gasteiger partial charge in [0.1, 0.15) is 11.5 Å². The van der Waals surface area contributed by atoms with Crippen LogP contribution in [0.15, 0.2) is 146 Å². The predicted octanol–water partition coefficient (Wildman–Crippen LogP) is 9.76. The largest absolute Gasteiger partial charge is 0.427 e. The Morgan fingerprint density at radius 3 is 1.02 bits per heavy atom. The van der Waals surface area contributed by atoms with Gasteiger partial charge in [0.2, 0.25) is 0 Å². The van der Waals surface area contributed by atoms with Crippen molar-refractivity contribution in [3.63, 3.8) is 0 Å². The average Bonchev–Trinajstić information content (AvgIpc) is 3.17. The number of hydrogen-bond acceptors (Lipinski definition) is 8. The van der Waals surface area contributed by atoms with Gasteiger partial charge in [0.05, 0.1) is 44.8 Å². The molecule has 0 unspecified atom stereocenters. The lowest BCUT2D eigenvalue weighted by Crippen LogP contribution is -2.01. The minimum atomic E-state index is -0.396. The molecule has 0 fully saturated rings. The van der Waals surface area contributed by atoms with Gasteiger partial charge in [-0.25, -0.2) is 19.9 Å². The van der Waals surface area contributed by atoms with E-state index in [1.807, 2.05) is 84.9 Å². The first-order chi connectivity index (χ1) is 25.4. The molecule has 0 bridgehead atoms. The Bertz CT molecular complexity index is 2610. The molecular formula is C44H30N4O4. The van der Waals surface area contributed by atoms with E-state index in [0.717, 1.165) is 55.8 Å². The molecule has 8 aromatic rings. The summed E-state index contributed by atoms with van der Waals surface area (Å²) in [6, 6.07) is 46.7. The van der Waals surface area contributed by atoms with Gasteiger partial charge < -0.3 is 9.47 Å². The van der Waals surface area contributed by atoms with Crippen molar-refractivity contribution in [2.45, 2.75) is 13.8 Å². The topological polar surface area (TPSA) is 104 Å². The van der Waals surface area contributed by atoms with Crippen molar-refractivity contribution in [3.8, 4) is 67.7 Å². The van der Waals surface area contributed by atoms with E-state index in [1.54, 1.807) is 24.3 Å². The van der Waals surface area contributed by atoms with Crippen LogP contribution in [0.25, 0.3) is 78.2 Å². The van der Waals surface area contributed by atoms with Gasteiger partial charge in [0, 0.05) is 36.1 Å². The first-order valence-electron chi connectivity index (χ1n) is 16.7. The van der Waals surface area contributed by atoms with E-state index in [1.165, 1.54) is 13.8 Å². The highest BCUT2D eigenvalue weighted by Gasteiger charge is 2.17. The lowest BCUT2D eigenvalue weighted by molar-refractivity contribution is -0.132. The van der Waals surface area contributed by atoms with Crippen LogP contribution in [0.1, 0.15) is 13.8 Å².